The maximum Gasteiger partial charge on any atom is 0.124 e. The number of rotatable bonds is 7. The van der Waals surface area contributed by atoms with Crippen molar-refractivity contribution in [3.8, 4) is 66.2 Å². The lowest BCUT2D eigenvalue weighted by atomic mass is 9.87. The molecule has 1 aliphatic rings. The molecule has 0 aliphatic heterocycles. The first-order chi connectivity index (χ1) is 34.1. The maximum absolute atomic E-state index is 5.27. The Morgan fingerprint density at radius 1 is 0.420 bits per heavy atom. The van der Waals surface area contributed by atoms with Crippen LogP contribution in [0.1, 0.15) is 17.5 Å². The topological polar surface area (TPSA) is 38.7 Å². The van der Waals surface area contributed by atoms with E-state index in [-0.39, 0.29) is 0 Å². The molecule has 0 spiro atoms. The zero-order valence-electron chi connectivity index (χ0n) is 37.9. The van der Waals surface area contributed by atoms with Gasteiger partial charge in [0.05, 0.1) is 10.2 Å². The van der Waals surface area contributed by atoms with E-state index < -0.39 is 0 Å². The Morgan fingerprint density at radius 2 is 0.928 bits per heavy atom. The average molecular weight is 898 g/mol. The van der Waals surface area contributed by atoms with Gasteiger partial charge in [0.2, 0.25) is 0 Å². The number of nitrogens with zero attached hydrogens (tertiary/aromatic N) is 3. The summed E-state index contributed by atoms with van der Waals surface area (Å²) >= 11 is 1.74. The van der Waals surface area contributed by atoms with Crippen molar-refractivity contribution in [1.82, 2.24) is 15.0 Å². The molecule has 12 aromatic rings. The number of hydrogen-bond donors (Lipinski definition) is 0. The summed E-state index contributed by atoms with van der Waals surface area (Å²) in [5, 5.41) is 10.5. The summed E-state index contributed by atoms with van der Waals surface area (Å²) < 4.78 is 1.17. The van der Waals surface area contributed by atoms with Crippen LogP contribution in [0.3, 0.4) is 0 Å². The Balaban J connectivity index is 1.10. The normalized spacial score (nSPS) is 12.4. The van der Waals surface area contributed by atoms with Gasteiger partial charge in [0.25, 0.3) is 0 Å². The standard InChI is InChI=1S/C65H43N3S/c1-41-26-43-16-4-9-20-56(43)60(27-41)51-30-49(32-53(36-51)62-40-67-38-45-18-6-11-22-58(45)62)47-28-46(33-54(34-47)65-68-63-24-12-13-25-64(63)69-65)48-29-50(59-23-8-3-15-42-14-2-7-19-55(42)59)35-52(31-48)61-39-66-37-44-17-5-10-21-57(44)61/h2,4-40H,3H2,1H3. The van der Waals surface area contributed by atoms with E-state index in [0.29, 0.717) is 0 Å². The molecule has 0 radical (unpaired) electrons. The molecule has 0 unspecified atom stereocenters. The summed E-state index contributed by atoms with van der Waals surface area (Å²) in [5.41, 5.74) is 16.9. The predicted octanol–water partition coefficient (Wildman–Crippen LogP) is 15.8. The molecule has 3 nitrogen and oxygen atoms in total. The number of aryl methyl sites for hydroxylation is 1. The molecular formula is C65H43N3S. The minimum absolute atomic E-state index is 0.877. The highest BCUT2D eigenvalue weighted by atomic mass is 32.1. The van der Waals surface area contributed by atoms with Gasteiger partial charge in [0, 0.05) is 52.3 Å². The van der Waals surface area contributed by atoms with Crippen LogP contribution in [-0.4, -0.2) is 15.0 Å². The minimum atomic E-state index is 0.877. The fraction of sp³-hybridized carbons (Fsp3) is 0.0308. The summed E-state index contributed by atoms with van der Waals surface area (Å²) in [6.45, 7) is 2.19. The van der Waals surface area contributed by atoms with Crippen LogP contribution < -0.4 is 10.4 Å². The van der Waals surface area contributed by atoms with E-state index in [0.717, 1.165) is 88.9 Å². The fourth-order valence-electron chi connectivity index (χ4n) is 10.3. The molecule has 0 bridgehead atoms. The molecule has 9 aromatic carbocycles. The smallest absolute Gasteiger partial charge is 0.124 e. The van der Waals surface area contributed by atoms with Crippen molar-refractivity contribution in [1.29, 1.82) is 0 Å². The molecule has 0 amide bonds. The van der Waals surface area contributed by atoms with E-state index in [1.165, 1.54) is 53.4 Å². The lowest BCUT2D eigenvalue weighted by molar-refractivity contribution is 1.36. The van der Waals surface area contributed by atoms with E-state index in [9.17, 15) is 0 Å². The number of para-hydroxylation sites is 1. The van der Waals surface area contributed by atoms with Crippen LogP contribution in [0.15, 0.2) is 225 Å². The Bertz CT molecular complexity index is 4150. The molecule has 69 heavy (non-hydrogen) atoms. The molecular weight excluding hydrogens is 855 g/mol. The molecule has 324 valence electrons. The minimum Gasteiger partial charge on any atom is -0.263 e. The van der Waals surface area contributed by atoms with E-state index in [1.807, 2.05) is 24.8 Å². The SMILES string of the molecule is Cc1cc(-c2cc(-c3cc(-c4cc(C5=c6ccccc6=CCC=C5)cc(-c5cncc6ccccc56)c4)cc(-c4nc5ccccc5s4)c3)cc(-c3cncc4ccccc34)c2)c2ccccc2c1. The molecule has 1 aliphatic carbocycles. The molecule has 3 heterocycles. The molecule has 3 aromatic heterocycles. The molecule has 0 fully saturated rings. The third-order valence-corrected chi connectivity index (χ3v) is 14.7. The Hall–Kier alpha value is -8.57. The number of allylic oxidation sites excluding steroid dienone is 2. The van der Waals surface area contributed by atoms with Crippen LogP contribution >= 0.6 is 11.3 Å². The number of thiazole rings is 1. The highest BCUT2D eigenvalue weighted by Gasteiger charge is 2.18. The molecule has 0 saturated carbocycles. The largest absolute Gasteiger partial charge is 0.263 e. The summed E-state index contributed by atoms with van der Waals surface area (Å²) in [4.78, 5) is 14.8. The molecule has 0 N–H and O–H groups in total. The summed E-state index contributed by atoms with van der Waals surface area (Å²) in [5.74, 6) is 0. The zero-order valence-corrected chi connectivity index (χ0v) is 38.7. The van der Waals surface area contributed by atoms with Crippen LogP contribution in [0.5, 0.6) is 0 Å². The van der Waals surface area contributed by atoms with Gasteiger partial charge in [-0.2, -0.15) is 0 Å². The zero-order chi connectivity index (χ0) is 45.8. The summed E-state index contributed by atoms with van der Waals surface area (Å²) in [7, 11) is 0. The van der Waals surface area contributed by atoms with Gasteiger partial charge in [-0.3, -0.25) is 9.97 Å². The first kappa shape index (κ1) is 40.7. The molecule has 13 rings (SSSR count). The van der Waals surface area contributed by atoms with Gasteiger partial charge in [-0.1, -0.05) is 140 Å². The predicted molar refractivity (Wildman–Crippen MR) is 292 cm³/mol. The van der Waals surface area contributed by atoms with Gasteiger partial charge in [-0.25, -0.2) is 4.98 Å². The Labute approximate surface area is 404 Å². The van der Waals surface area contributed by atoms with Crippen molar-refractivity contribution in [3.63, 3.8) is 0 Å². The van der Waals surface area contributed by atoms with E-state index in [1.54, 1.807) is 11.3 Å². The van der Waals surface area contributed by atoms with Gasteiger partial charge in [-0.05, 0) is 173 Å². The van der Waals surface area contributed by atoms with E-state index >= 15 is 0 Å². The fourth-order valence-corrected chi connectivity index (χ4v) is 11.3. The Kier molecular flexibility index (Phi) is 9.99. The van der Waals surface area contributed by atoms with Gasteiger partial charge in [-0.15, -0.1) is 11.3 Å². The third-order valence-electron chi connectivity index (χ3n) is 13.6. The summed E-state index contributed by atoms with van der Waals surface area (Å²) in [6, 6.07) is 68.9. The van der Waals surface area contributed by atoms with Crippen LogP contribution in [0.4, 0.5) is 0 Å². The highest BCUT2D eigenvalue weighted by molar-refractivity contribution is 7.21. The second-order valence-corrected chi connectivity index (χ2v) is 19.1. The second kappa shape index (κ2) is 16.9. The van der Waals surface area contributed by atoms with Crippen molar-refractivity contribution in [2.45, 2.75) is 13.3 Å². The highest BCUT2D eigenvalue weighted by Crippen LogP contribution is 2.43. The third kappa shape index (κ3) is 7.52. The number of fused-ring (bicyclic) bond motifs is 5. The first-order valence-electron chi connectivity index (χ1n) is 23.5. The molecule has 0 saturated heterocycles. The van der Waals surface area contributed by atoms with Crippen molar-refractivity contribution in [3.05, 3.63) is 247 Å². The number of hydrogen-bond acceptors (Lipinski definition) is 4. The van der Waals surface area contributed by atoms with Crippen molar-refractivity contribution >= 4 is 65.5 Å². The quantitative estimate of drug-likeness (QED) is 0.160. The summed E-state index contributed by atoms with van der Waals surface area (Å²) in [6.07, 6.45) is 15.7. The van der Waals surface area contributed by atoms with Gasteiger partial charge in [0.15, 0.2) is 0 Å². The average Bonchev–Trinajstić information content (AvgIpc) is 3.73. The van der Waals surface area contributed by atoms with Crippen LogP contribution in [0.2, 0.25) is 0 Å². The second-order valence-electron chi connectivity index (χ2n) is 18.1. The number of benzene rings is 9. The Morgan fingerprint density at radius 3 is 1.61 bits per heavy atom. The van der Waals surface area contributed by atoms with Gasteiger partial charge < -0.3 is 0 Å². The van der Waals surface area contributed by atoms with Gasteiger partial charge in [0.1, 0.15) is 5.01 Å². The van der Waals surface area contributed by atoms with E-state index in [2.05, 4.69) is 213 Å². The monoisotopic (exact) mass is 897 g/mol. The lowest BCUT2D eigenvalue weighted by Crippen LogP contribution is -2.25. The van der Waals surface area contributed by atoms with Crippen LogP contribution in [0.25, 0.3) is 120 Å². The van der Waals surface area contributed by atoms with Crippen molar-refractivity contribution < 1.29 is 0 Å². The van der Waals surface area contributed by atoms with E-state index in [4.69, 9.17) is 15.0 Å². The molecule has 0 atom stereocenters. The van der Waals surface area contributed by atoms with Crippen LogP contribution in [-0.2, 0) is 0 Å². The molecule has 4 heteroatoms. The maximum atomic E-state index is 5.27. The number of aromatic nitrogens is 3. The van der Waals surface area contributed by atoms with Gasteiger partial charge >= 0.3 is 0 Å². The lowest BCUT2D eigenvalue weighted by Gasteiger charge is -2.17. The number of pyridine rings is 2. The first-order valence-corrected chi connectivity index (χ1v) is 24.3. The van der Waals surface area contributed by atoms with Crippen molar-refractivity contribution in [2.75, 3.05) is 0 Å². The van der Waals surface area contributed by atoms with Crippen molar-refractivity contribution in [2.24, 2.45) is 0 Å². The van der Waals surface area contributed by atoms with Crippen LogP contribution in [0, 0.1) is 6.92 Å².